The van der Waals surface area contributed by atoms with Crippen LogP contribution in [0.3, 0.4) is 0 Å². The largest absolute Gasteiger partial charge is 0.351 e. The average Bonchev–Trinajstić information content (AvgIpc) is 3.07. The van der Waals surface area contributed by atoms with E-state index in [4.69, 9.17) is 23.2 Å². The molecule has 1 aromatic heterocycles. The van der Waals surface area contributed by atoms with Crippen molar-refractivity contribution in [2.24, 2.45) is 5.92 Å². The number of hydrogen-bond donors (Lipinski definition) is 1. The Hall–Kier alpha value is -1.19. The molecule has 3 rings (SSSR count). The van der Waals surface area contributed by atoms with Gasteiger partial charge in [0.25, 0.3) is 0 Å². The van der Waals surface area contributed by atoms with Crippen molar-refractivity contribution in [1.29, 1.82) is 0 Å². The second kappa shape index (κ2) is 8.45. The van der Waals surface area contributed by atoms with Gasteiger partial charge in [0.05, 0.1) is 20.8 Å². The van der Waals surface area contributed by atoms with E-state index in [-0.39, 0.29) is 34.8 Å². The Kier molecular flexibility index (Phi) is 6.43. The van der Waals surface area contributed by atoms with Crippen LogP contribution < -0.4 is 5.32 Å². The number of halogens is 3. The summed E-state index contributed by atoms with van der Waals surface area (Å²) in [5, 5.41) is 2.63. The third-order valence-electron chi connectivity index (χ3n) is 4.42. The summed E-state index contributed by atoms with van der Waals surface area (Å²) >= 11 is 13.0. The first-order valence-electron chi connectivity index (χ1n) is 8.24. The minimum atomic E-state index is -3.77. The van der Waals surface area contributed by atoms with Gasteiger partial charge in [-0.15, -0.1) is 11.3 Å². The second-order valence-electron chi connectivity index (χ2n) is 6.18. The van der Waals surface area contributed by atoms with E-state index in [1.165, 1.54) is 21.7 Å². The monoisotopic (exact) mass is 450 g/mol. The fraction of sp³-hybridized carbons (Fsp3) is 0.353. The highest BCUT2D eigenvalue weighted by atomic mass is 35.5. The minimum Gasteiger partial charge on any atom is -0.351 e. The Morgan fingerprint density at radius 2 is 1.93 bits per heavy atom. The summed E-state index contributed by atoms with van der Waals surface area (Å²) in [6, 6.07) is 6.97. The Morgan fingerprint density at radius 3 is 2.52 bits per heavy atom. The lowest BCUT2D eigenvalue weighted by Gasteiger charge is -2.30. The van der Waals surface area contributed by atoms with Gasteiger partial charge in [-0.25, -0.2) is 12.8 Å². The van der Waals surface area contributed by atoms with Crippen molar-refractivity contribution in [3.05, 3.63) is 50.4 Å². The van der Waals surface area contributed by atoms with Crippen LogP contribution in [0.15, 0.2) is 35.2 Å². The molecule has 1 fully saturated rings. The molecule has 1 aliphatic rings. The zero-order chi connectivity index (χ0) is 19.6. The molecule has 0 spiro atoms. The highest BCUT2D eigenvalue weighted by Gasteiger charge is 2.32. The van der Waals surface area contributed by atoms with Crippen LogP contribution in [0.2, 0.25) is 9.36 Å². The van der Waals surface area contributed by atoms with Crippen LogP contribution in [-0.4, -0.2) is 31.7 Å². The first-order chi connectivity index (χ1) is 12.8. The molecule has 2 heterocycles. The van der Waals surface area contributed by atoms with Gasteiger partial charge in [0.1, 0.15) is 5.82 Å². The first-order valence-corrected chi connectivity index (χ1v) is 11.3. The Morgan fingerprint density at radius 1 is 1.22 bits per heavy atom. The number of thiophene rings is 1. The SMILES string of the molecule is O=C(NCc1ccc(Cl)s1)C1CCN(S(=O)(=O)c2ccc(F)c(Cl)c2)CC1. The molecule has 1 aromatic carbocycles. The van der Waals surface area contributed by atoms with Crippen LogP contribution in [0.4, 0.5) is 4.39 Å². The first kappa shape index (κ1) is 20.5. The number of nitrogens with zero attached hydrogens (tertiary/aromatic N) is 1. The van der Waals surface area contributed by atoms with Gasteiger partial charge in [-0.3, -0.25) is 4.79 Å². The molecule has 1 aliphatic heterocycles. The molecule has 27 heavy (non-hydrogen) atoms. The van der Waals surface area contributed by atoms with E-state index >= 15 is 0 Å². The molecule has 0 saturated carbocycles. The van der Waals surface area contributed by atoms with Crippen molar-refractivity contribution in [2.45, 2.75) is 24.3 Å². The lowest BCUT2D eigenvalue weighted by Crippen LogP contribution is -2.42. The van der Waals surface area contributed by atoms with E-state index in [9.17, 15) is 17.6 Å². The predicted octanol–water partition coefficient (Wildman–Crippen LogP) is 3.91. The number of carbonyl (C=O) groups is 1. The van der Waals surface area contributed by atoms with Gasteiger partial charge < -0.3 is 5.32 Å². The molecule has 0 unspecified atom stereocenters. The maximum absolute atomic E-state index is 13.3. The summed E-state index contributed by atoms with van der Waals surface area (Å²) in [4.78, 5) is 13.2. The maximum atomic E-state index is 13.3. The van der Waals surface area contributed by atoms with Crippen molar-refractivity contribution in [1.82, 2.24) is 9.62 Å². The summed E-state index contributed by atoms with van der Waals surface area (Å²) in [6.45, 7) is 0.850. The topological polar surface area (TPSA) is 66.5 Å². The summed E-state index contributed by atoms with van der Waals surface area (Å²) < 4.78 is 40.6. The van der Waals surface area contributed by atoms with Gasteiger partial charge in [-0.1, -0.05) is 23.2 Å². The van der Waals surface area contributed by atoms with Gasteiger partial charge in [0, 0.05) is 23.9 Å². The number of benzene rings is 1. The zero-order valence-corrected chi connectivity index (χ0v) is 17.3. The van der Waals surface area contributed by atoms with Crippen LogP contribution >= 0.6 is 34.5 Å². The standard InChI is InChI=1S/C17H17Cl2FN2O3S2/c18-14-9-13(2-3-15(14)20)27(24,25)22-7-5-11(6-8-22)17(23)21-10-12-1-4-16(19)26-12/h1-4,9,11H,5-8,10H2,(H,21,23). The number of sulfonamides is 1. The summed E-state index contributed by atoms with van der Waals surface area (Å²) in [5.41, 5.74) is 0. The van der Waals surface area contributed by atoms with Crippen molar-refractivity contribution in [3.8, 4) is 0 Å². The number of carbonyl (C=O) groups excluding carboxylic acids is 1. The van der Waals surface area contributed by atoms with Gasteiger partial charge in [0.15, 0.2) is 0 Å². The predicted molar refractivity (Wildman–Crippen MR) is 104 cm³/mol. The van der Waals surface area contributed by atoms with E-state index in [1.54, 1.807) is 6.07 Å². The fourth-order valence-electron chi connectivity index (χ4n) is 2.91. The fourth-order valence-corrected chi connectivity index (χ4v) is 5.68. The lowest BCUT2D eigenvalue weighted by molar-refractivity contribution is -0.126. The summed E-state index contributed by atoms with van der Waals surface area (Å²) in [5.74, 6) is -1.01. The quantitative estimate of drug-likeness (QED) is 0.750. The second-order valence-corrected chi connectivity index (χ2v) is 10.3. The number of rotatable bonds is 5. The zero-order valence-electron chi connectivity index (χ0n) is 14.1. The van der Waals surface area contributed by atoms with Gasteiger partial charge >= 0.3 is 0 Å². The third kappa shape index (κ3) is 4.81. The maximum Gasteiger partial charge on any atom is 0.243 e. The lowest BCUT2D eigenvalue weighted by atomic mass is 9.97. The highest BCUT2D eigenvalue weighted by Crippen LogP contribution is 2.27. The summed E-state index contributed by atoms with van der Waals surface area (Å²) in [6.07, 6.45) is 0.844. The number of piperidine rings is 1. The molecule has 0 bridgehead atoms. The van der Waals surface area contributed by atoms with Gasteiger partial charge in [-0.05, 0) is 43.2 Å². The number of nitrogens with one attached hydrogen (secondary N) is 1. The van der Waals surface area contributed by atoms with Crippen molar-refractivity contribution in [3.63, 3.8) is 0 Å². The van der Waals surface area contributed by atoms with Crippen molar-refractivity contribution in [2.75, 3.05) is 13.1 Å². The molecule has 146 valence electrons. The molecule has 1 saturated heterocycles. The van der Waals surface area contributed by atoms with Crippen molar-refractivity contribution < 1.29 is 17.6 Å². The van der Waals surface area contributed by atoms with E-state index < -0.39 is 15.8 Å². The van der Waals surface area contributed by atoms with Crippen LogP contribution in [0.1, 0.15) is 17.7 Å². The molecular weight excluding hydrogens is 434 g/mol. The van der Waals surface area contributed by atoms with Crippen molar-refractivity contribution >= 4 is 50.5 Å². The molecule has 0 aliphatic carbocycles. The van der Waals surface area contributed by atoms with E-state index in [0.29, 0.717) is 23.7 Å². The molecule has 0 atom stereocenters. The van der Waals surface area contributed by atoms with Gasteiger partial charge in [0.2, 0.25) is 15.9 Å². The number of amides is 1. The van der Waals surface area contributed by atoms with Crippen LogP contribution in [0.5, 0.6) is 0 Å². The molecule has 1 N–H and O–H groups in total. The molecular formula is C17H17Cl2FN2O3S2. The highest BCUT2D eigenvalue weighted by molar-refractivity contribution is 7.89. The van der Waals surface area contributed by atoms with E-state index in [0.717, 1.165) is 17.0 Å². The molecule has 10 heteroatoms. The molecule has 5 nitrogen and oxygen atoms in total. The summed E-state index contributed by atoms with van der Waals surface area (Å²) in [7, 11) is -3.77. The van der Waals surface area contributed by atoms with E-state index in [2.05, 4.69) is 5.32 Å². The molecule has 1 amide bonds. The van der Waals surface area contributed by atoms with Crippen LogP contribution in [0.25, 0.3) is 0 Å². The number of hydrogen-bond acceptors (Lipinski definition) is 4. The Bertz CT molecular complexity index is 941. The molecule has 0 radical (unpaired) electrons. The Balaban J connectivity index is 1.57. The molecule has 2 aromatic rings. The third-order valence-corrected chi connectivity index (χ3v) is 7.83. The smallest absolute Gasteiger partial charge is 0.243 e. The normalized spacial score (nSPS) is 16.4. The van der Waals surface area contributed by atoms with Gasteiger partial charge in [-0.2, -0.15) is 4.31 Å². The average molecular weight is 451 g/mol. The minimum absolute atomic E-state index is 0.0497. The Labute approximate surface area is 171 Å². The van der Waals surface area contributed by atoms with Crippen LogP contribution in [-0.2, 0) is 21.4 Å². The van der Waals surface area contributed by atoms with E-state index in [1.807, 2.05) is 6.07 Å². The van der Waals surface area contributed by atoms with Crippen LogP contribution in [0, 0.1) is 11.7 Å².